The topological polar surface area (TPSA) is 55.4 Å². The summed E-state index contributed by atoms with van der Waals surface area (Å²) < 4.78 is 6.05. The van der Waals surface area contributed by atoms with E-state index < -0.39 is 5.97 Å². The predicted octanol–water partition coefficient (Wildman–Crippen LogP) is 3.45. The monoisotopic (exact) mass is 413 g/mol. The number of hydrogen-bond acceptors (Lipinski definition) is 3. The average Bonchev–Trinajstić information content (AvgIpc) is 2.54. The minimum Gasteiger partial charge on any atom is -0.452 e. The van der Waals surface area contributed by atoms with Crippen molar-refractivity contribution < 1.29 is 14.3 Å². The van der Waals surface area contributed by atoms with Crippen molar-refractivity contribution in [1.82, 2.24) is 5.32 Å². The van der Waals surface area contributed by atoms with Gasteiger partial charge in [-0.2, -0.15) is 0 Å². The van der Waals surface area contributed by atoms with Crippen molar-refractivity contribution in [1.29, 1.82) is 0 Å². The zero-order valence-corrected chi connectivity index (χ0v) is 14.6. The van der Waals surface area contributed by atoms with Gasteiger partial charge in [0.05, 0.1) is 5.56 Å². The molecule has 22 heavy (non-hydrogen) atoms. The van der Waals surface area contributed by atoms with Gasteiger partial charge in [0.1, 0.15) is 0 Å². The van der Waals surface area contributed by atoms with Crippen LogP contribution in [-0.4, -0.2) is 25.0 Å². The van der Waals surface area contributed by atoms with Gasteiger partial charge in [-0.05, 0) is 79.0 Å². The molecular weight excluding hydrogens is 393 g/mol. The Morgan fingerprint density at radius 2 is 1.95 bits per heavy atom. The number of allylic oxidation sites excluding steroid dienone is 1. The molecule has 0 spiro atoms. The average molecular weight is 413 g/mol. The highest BCUT2D eigenvalue weighted by Gasteiger charge is 2.10. The van der Waals surface area contributed by atoms with E-state index in [2.05, 4.69) is 34.0 Å². The number of nitrogens with one attached hydrogen (secondary N) is 1. The van der Waals surface area contributed by atoms with Crippen LogP contribution in [0.25, 0.3) is 0 Å². The Labute approximate surface area is 144 Å². The summed E-state index contributed by atoms with van der Waals surface area (Å²) in [4.78, 5) is 23.4. The normalized spacial score (nSPS) is 14.1. The molecule has 0 heterocycles. The van der Waals surface area contributed by atoms with E-state index >= 15 is 0 Å². The summed E-state index contributed by atoms with van der Waals surface area (Å²) in [7, 11) is 0. The van der Waals surface area contributed by atoms with Crippen LogP contribution in [0.2, 0.25) is 0 Å². The summed E-state index contributed by atoms with van der Waals surface area (Å²) in [5.41, 5.74) is 1.88. The maximum Gasteiger partial charge on any atom is 0.338 e. The molecular formula is C17H20INO3. The molecule has 1 N–H and O–H groups in total. The van der Waals surface area contributed by atoms with Gasteiger partial charge >= 0.3 is 5.97 Å². The largest absolute Gasteiger partial charge is 0.452 e. The number of amides is 1. The summed E-state index contributed by atoms with van der Waals surface area (Å²) in [5.74, 6) is -0.725. The molecule has 0 fully saturated rings. The maximum atomic E-state index is 11.8. The Morgan fingerprint density at radius 3 is 2.64 bits per heavy atom. The van der Waals surface area contributed by atoms with Crippen LogP contribution < -0.4 is 5.32 Å². The van der Waals surface area contributed by atoms with Crippen molar-refractivity contribution in [2.75, 3.05) is 13.2 Å². The lowest BCUT2D eigenvalue weighted by atomic mass is 9.97. The summed E-state index contributed by atoms with van der Waals surface area (Å²) in [5, 5.41) is 2.79. The molecule has 0 saturated heterocycles. The number of ether oxygens (including phenoxy) is 1. The molecule has 2 rings (SSSR count). The number of hydrogen-bond donors (Lipinski definition) is 1. The van der Waals surface area contributed by atoms with Crippen LogP contribution in [0.3, 0.4) is 0 Å². The number of rotatable bonds is 6. The number of benzene rings is 1. The van der Waals surface area contributed by atoms with Gasteiger partial charge in [-0.25, -0.2) is 4.79 Å². The van der Waals surface area contributed by atoms with E-state index in [1.165, 1.54) is 18.4 Å². The molecule has 0 aromatic heterocycles. The third-order valence-electron chi connectivity index (χ3n) is 3.57. The molecule has 4 nitrogen and oxygen atoms in total. The second-order valence-electron chi connectivity index (χ2n) is 5.29. The molecule has 118 valence electrons. The minimum atomic E-state index is -0.471. The molecule has 0 bridgehead atoms. The third-order valence-corrected chi connectivity index (χ3v) is 4.29. The Bertz CT molecular complexity index is 552. The SMILES string of the molecule is O=C(COC(=O)c1ccc(I)cc1)NCCC1=CCCCC1. The fourth-order valence-corrected chi connectivity index (χ4v) is 2.71. The van der Waals surface area contributed by atoms with Gasteiger partial charge < -0.3 is 10.1 Å². The van der Waals surface area contributed by atoms with Gasteiger partial charge in [-0.15, -0.1) is 0 Å². The highest BCUT2D eigenvalue weighted by Crippen LogP contribution is 2.19. The molecule has 1 amide bonds. The Kier molecular flexibility index (Phi) is 6.89. The van der Waals surface area contributed by atoms with Crippen LogP contribution in [0.4, 0.5) is 0 Å². The lowest BCUT2D eigenvalue weighted by Gasteiger charge is -2.13. The summed E-state index contributed by atoms with van der Waals surface area (Å²) in [6.07, 6.45) is 7.95. The Morgan fingerprint density at radius 1 is 1.18 bits per heavy atom. The number of halogens is 1. The van der Waals surface area contributed by atoms with Crippen LogP contribution in [0.1, 0.15) is 42.5 Å². The Balaban J connectivity index is 1.65. The molecule has 0 unspecified atom stereocenters. The number of esters is 1. The van der Waals surface area contributed by atoms with E-state index in [0.717, 1.165) is 22.8 Å². The first-order valence-electron chi connectivity index (χ1n) is 7.52. The van der Waals surface area contributed by atoms with Crippen LogP contribution in [0, 0.1) is 3.57 Å². The van der Waals surface area contributed by atoms with Crippen molar-refractivity contribution >= 4 is 34.5 Å². The van der Waals surface area contributed by atoms with Gasteiger partial charge in [-0.3, -0.25) is 4.79 Å². The summed E-state index contributed by atoms with van der Waals surface area (Å²) >= 11 is 2.16. The van der Waals surface area contributed by atoms with Gasteiger partial charge in [0.15, 0.2) is 6.61 Å². The standard InChI is InChI=1S/C17H20INO3/c18-15-8-6-14(7-9-15)17(21)22-12-16(20)19-11-10-13-4-2-1-3-5-13/h4,6-9H,1-3,5,10-12H2,(H,19,20). The van der Waals surface area contributed by atoms with E-state index in [-0.39, 0.29) is 12.5 Å². The number of carbonyl (C=O) groups excluding carboxylic acids is 2. The molecule has 1 aliphatic rings. The van der Waals surface area contributed by atoms with Gasteiger partial charge in [0.25, 0.3) is 5.91 Å². The molecule has 0 radical (unpaired) electrons. The predicted molar refractivity (Wildman–Crippen MR) is 93.6 cm³/mol. The van der Waals surface area contributed by atoms with E-state index in [0.29, 0.717) is 12.1 Å². The van der Waals surface area contributed by atoms with E-state index in [4.69, 9.17) is 4.74 Å². The molecule has 1 aromatic rings. The fraction of sp³-hybridized carbons (Fsp3) is 0.412. The van der Waals surface area contributed by atoms with Crippen molar-refractivity contribution in [3.8, 4) is 0 Å². The van der Waals surface area contributed by atoms with E-state index in [1.54, 1.807) is 12.1 Å². The molecule has 1 aromatic carbocycles. The smallest absolute Gasteiger partial charge is 0.338 e. The highest BCUT2D eigenvalue weighted by atomic mass is 127. The van der Waals surface area contributed by atoms with Gasteiger partial charge in [-0.1, -0.05) is 11.6 Å². The van der Waals surface area contributed by atoms with Crippen LogP contribution >= 0.6 is 22.6 Å². The van der Waals surface area contributed by atoms with Gasteiger partial charge in [0, 0.05) is 10.1 Å². The molecule has 0 atom stereocenters. The first kappa shape index (κ1) is 17.0. The minimum absolute atomic E-state index is 0.232. The van der Waals surface area contributed by atoms with Crippen LogP contribution in [0.15, 0.2) is 35.9 Å². The zero-order chi connectivity index (χ0) is 15.8. The lowest BCUT2D eigenvalue weighted by molar-refractivity contribution is -0.124. The van der Waals surface area contributed by atoms with Crippen molar-refractivity contribution in [3.63, 3.8) is 0 Å². The molecule has 0 aliphatic heterocycles. The number of carbonyl (C=O) groups is 2. The Hall–Kier alpha value is -1.37. The summed E-state index contributed by atoms with van der Waals surface area (Å²) in [6, 6.07) is 7.04. The molecule has 5 heteroatoms. The van der Waals surface area contributed by atoms with Crippen molar-refractivity contribution in [3.05, 3.63) is 45.0 Å². The van der Waals surface area contributed by atoms with Gasteiger partial charge in [0.2, 0.25) is 0 Å². The zero-order valence-electron chi connectivity index (χ0n) is 12.4. The van der Waals surface area contributed by atoms with Crippen LogP contribution in [0.5, 0.6) is 0 Å². The van der Waals surface area contributed by atoms with Crippen molar-refractivity contribution in [2.24, 2.45) is 0 Å². The quantitative estimate of drug-likeness (QED) is 0.442. The summed E-state index contributed by atoms with van der Waals surface area (Å²) in [6.45, 7) is 0.371. The lowest BCUT2D eigenvalue weighted by Crippen LogP contribution is -2.29. The molecule has 0 saturated carbocycles. The molecule has 1 aliphatic carbocycles. The van der Waals surface area contributed by atoms with Crippen molar-refractivity contribution in [2.45, 2.75) is 32.1 Å². The van der Waals surface area contributed by atoms with E-state index in [1.807, 2.05) is 12.1 Å². The van der Waals surface area contributed by atoms with Crippen LogP contribution in [-0.2, 0) is 9.53 Å². The van der Waals surface area contributed by atoms with E-state index in [9.17, 15) is 9.59 Å². The third kappa shape index (κ3) is 5.79. The second kappa shape index (κ2) is 8.92. The highest BCUT2D eigenvalue weighted by molar-refractivity contribution is 14.1. The second-order valence-corrected chi connectivity index (χ2v) is 6.54. The first-order valence-corrected chi connectivity index (χ1v) is 8.60. The first-order chi connectivity index (χ1) is 10.6. The fourth-order valence-electron chi connectivity index (χ4n) is 2.35. The maximum absolute atomic E-state index is 11.8.